The third-order valence-corrected chi connectivity index (χ3v) is 4.76. The highest BCUT2D eigenvalue weighted by atomic mass is 32.2. The molecule has 0 saturated heterocycles. The molecule has 0 spiro atoms. The van der Waals surface area contributed by atoms with Crippen molar-refractivity contribution in [2.24, 2.45) is 0 Å². The van der Waals surface area contributed by atoms with Crippen LogP contribution in [0.15, 0.2) is 62.6 Å². The first-order chi connectivity index (χ1) is 12.6. The van der Waals surface area contributed by atoms with E-state index in [4.69, 9.17) is 13.9 Å². The number of halogens is 3. The van der Waals surface area contributed by atoms with Gasteiger partial charge in [0.1, 0.15) is 16.2 Å². The molecule has 138 valence electrons. The molecule has 0 fully saturated rings. The molecule has 6 nitrogen and oxygen atoms in total. The highest BCUT2D eigenvalue weighted by Crippen LogP contribution is 2.35. The molecule has 0 unspecified atom stereocenters. The molecule has 0 aliphatic carbocycles. The fraction of sp³-hybridized carbons (Fsp3) is 0.0588. The third-order valence-electron chi connectivity index (χ3n) is 3.50. The predicted octanol–water partition coefficient (Wildman–Crippen LogP) is 3.45. The molecule has 3 aromatic rings. The second kappa shape index (κ2) is 6.44. The first-order valence-electron chi connectivity index (χ1n) is 7.20. The molecule has 0 radical (unpaired) electrons. The standard InChI is InChI=1S/C17H8F3NO5S/c18-17(19,20)14-8-16(22)25-15-7-11(3-6-13(14)15)26-27(23,24)12-4-1-10(9-21)2-5-12/h1-8H. The van der Waals surface area contributed by atoms with Crippen LogP contribution >= 0.6 is 0 Å². The van der Waals surface area contributed by atoms with Crippen molar-refractivity contribution < 1.29 is 30.2 Å². The average Bonchev–Trinajstić information content (AvgIpc) is 2.59. The Morgan fingerprint density at radius 1 is 1.04 bits per heavy atom. The van der Waals surface area contributed by atoms with Gasteiger partial charge in [-0.05, 0) is 36.4 Å². The van der Waals surface area contributed by atoms with Gasteiger partial charge >= 0.3 is 21.9 Å². The Morgan fingerprint density at radius 2 is 1.70 bits per heavy atom. The average molecular weight is 395 g/mol. The lowest BCUT2D eigenvalue weighted by atomic mass is 10.1. The quantitative estimate of drug-likeness (QED) is 0.498. The molecule has 27 heavy (non-hydrogen) atoms. The first-order valence-corrected chi connectivity index (χ1v) is 8.61. The summed E-state index contributed by atoms with van der Waals surface area (Å²) in [5, 5.41) is 8.31. The number of rotatable bonds is 3. The molecule has 1 aromatic heterocycles. The van der Waals surface area contributed by atoms with Crippen LogP contribution in [0.25, 0.3) is 11.0 Å². The van der Waals surface area contributed by atoms with Gasteiger partial charge in [0.25, 0.3) is 0 Å². The maximum atomic E-state index is 13.0. The monoisotopic (exact) mass is 395 g/mol. The summed E-state index contributed by atoms with van der Waals surface area (Å²) in [7, 11) is -4.31. The van der Waals surface area contributed by atoms with Crippen molar-refractivity contribution in [2.45, 2.75) is 11.1 Å². The molecule has 0 aliphatic heterocycles. The molecule has 3 rings (SSSR count). The number of alkyl halides is 3. The number of nitrogens with zero attached hydrogens (tertiary/aromatic N) is 1. The Kier molecular flexibility index (Phi) is 4.41. The largest absolute Gasteiger partial charge is 0.423 e. The summed E-state index contributed by atoms with van der Waals surface area (Å²) in [6.45, 7) is 0. The lowest BCUT2D eigenvalue weighted by Crippen LogP contribution is -2.12. The molecule has 0 aliphatic rings. The van der Waals surface area contributed by atoms with E-state index in [1.807, 2.05) is 6.07 Å². The smallest absolute Gasteiger partial charge is 0.417 e. The molecule has 0 bridgehead atoms. The number of fused-ring (bicyclic) bond motifs is 1. The van der Waals surface area contributed by atoms with Crippen LogP contribution in [0.4, 0.5) is 13.2 Å². The lowest BCUT2D eigenvalue weighted by molar-refractivity contribution is -0.136. The summed E-state index contributed by atoms with van der Waals surface area (Å²) in [4.78, 5) is 11.1. The summed E-state index contributed by atoms with van der Waals surface area (Å²) in [5.74, 6) is -0.339. The van der Waals surface area contributed by atoms with Crippen molar-refractivity contribution in [3.63, 3.8) is 0 Å². The Hall–Kier alpha value is -3.32. The Labute approximate surface area is 150 Å². The van der Waals surface area contributed by atoms with Crippen molar-refractivity contribution in [3.05, 3.63) is 70.1 Å². The molecule has 0 saturated carbocycles. The van der Waals surface area contributed by atoms with Gasteiger partial charge in [-0.3, -0.25) is 0 Å². The fourth-order valence-electron chi connectivity index (χ4n) is 2.30. The molecule has 1 heterocycles. The van der Waals surface area contributed by atoms with Gasteiger partial charge in [0.2, 0.25) is 0 Å². The van der Waals surface area contributed by atoms with Crippen LogP contribution in [0.5, 0.6) is 5.75 Å². The van der Waals surface area contributed by atoms with Crippen LogP contribution in [0.1, 0.15) is 11.1 Å². The zero-order chi connectivity index (χ0) is 19.8. The highest BCUT2D eigenvalue weighted by Gasteiger charge is 2.34. The highest BCUT2D eigenvalue weighted by molar-refractivity contribution is 7.87. The molecule has 0 atom stereocenters. The van der Waals surface area contributed by atoms with Gasteiger partial charge in [-0.1, -0.05) is 0 Å². The van der Waals surface area contributed by atoms with Crippen LogP contribution in [-0.4, -0.2) is 8.42 Å². The van der Waals surface area contributed by atoms with Crippen LogP contribution in [-0.2, 0) is 16.3 Å². The van der Waals surface area contributed by atoms with E-state index in [2.05, 4.69) is 0 Å². The Balaban J connectivity index is 2.03. The topological polar surface area (TPSA) is 97.4 Å². The Bertz CT molecular complexity index is 1220. The summed E-state index contributed by atoms with van der Waals surface area (Å²) in [6, 6.07) is 9.83. The summed E-state index contributed by atoms with van der Waals surface area (Å²) >= 11 is 0. The lowest BCUT2D eigenvalue weighted by Gasteiger charge is -2.11. The van der Waals surface area contributed by atoms with Crippen LogP contribution in [0.2, 0.25) is 0 Å². The van der Waals surface area contributed by atoms with Crippen molar-refractivity contribution >= 4 is 21.1 Å². The van der Waals surface area contributed by atoms with Crippen molar-refractivity contribution in [1.29, 1.82) is 5.26 Å². The van der Waals surface area contributed by atoms with Gasteiger partial charge < -0.3 is 8.60 Å². The molecule has 0 N–H and O–H groups in total. The van der Waals surface area contributed by atoms with E-state index in [0.29, 0.717) is 6.07 Å². The zero-order valence-electron chi connectivity index (χ0n) is 13.1. The second-order valence-corrected chi connectivity index (χ2v) is 6.85. The van der Waals surface area contributed by atoms with E-state index in [9.17, 15) is 26.4 Å². The van der Waals surface area contributed by atoms with E-state index in [-0.39, 0.29) is 16.2 Å². The van der Waals surface area contributed by atoms with E-state index in [1.165, 1.54) is 12.1 Å². The Morgan fingerprint density at radius 3 is 2.30 bits per heavy atom. The molecule has 10 heteroatoms. The van der Waals surface area contributed by atoms with Gasteiger partial charge in [0.15, 0.2) is 0 Å². The van der Waals surface area contributed by atoms with E-state index >= 15 is 0 Å². The van der Waals surface area contributed by atoms with Gasteiger partial charge in [0.05, 0.1) is 17.2 Å². The molecule has 0 amide bonds. The first kappa shape index (κ1) is 18.5. The predicted molar refractivity (Wildman–Crippen MR) is 86.5 cm³/mol. The number of hydrogen-bond donors (Lipinski definition) is 0. The minimum absolute atomic E-state index is 0.237. The number of hydrogen-bond acceptors (Lipinski definition) is 6. The normalized spacial score (nSPS) is 11.9. The van der Waals surface area contributed by atoms with Gasteiger partial charge in [-0.2, -0.15) is 26.9 Å². The number of nitriles is 1. The van der Waals surface area contributed by atoms with Gasteiger partial charge in [0, 0.05) is 17.5 Å². The van der Waals surface area contributed by atoms with Crippen molar-refractivity contribution in [3.8, 4) is 11.8 Å². The van der Waals surface area contributed by atoms with Crippen LogP contribution in [0.3, 0.4) is 0 Å². The van der Waals surface area contributed by atoms with Gasteiger partial charge in [-0.15, -0.1) is 0 Å². The minimum atomic E-state index is -4.79. The number of benzene rings is 2. The van der Waals surface area contributed by atoms with E-state index < -0.39 is 38.5 Å². The van der Waals surface area contributed by atoms with E-state index in [1.54, 1.807) is 0 Å². The maximum absolute atomic E-state index is 13.0. The summed E-state index contributed by atoms with van der Waals surface area (Å²) in [5.41, 5.74) is -2.67. The fourth-order valence-corrected chi connectivity index (χ4v) is 3.22. The summed E-state index contributed by atoms with van der Waals surface area (Å²) < 4.78 is 73.2. The van der Waals surface area contributed by atoms with Gasteiger partial charge in [-0.25, -0.2) is 4.79 Å². The van der Waals surface area contributed by atoms with Crippen molar-refractivity contribution in [1.82, 2.24) is 0 Å². The van der Waals surface area contributed by atoms with Crippen LogP contribution < -0.4 is 9.81 Å². The molecular weight excluding hydrogens is 387 g/mol. The van der Waals surface area contributed by atoms with Crippen LogP contribution in [0, 0.1) is 11.3 Å². The third kappa shape index (κ3) is 3.78. The summed E-state index contributed by atoms with van der Waals surface area (Å²) in [6.07, 6.45) is -4.79. The zero-order valence-corrected chi connectivity index (χ0v) is 14.0. The molecular formula is C17H8F3NO5S. The van der Waals surface area contributed by atoms with E-state index in [0.717, 1.165) is 30.3 Å². The van der Waals surface area contributed by atoms with Crippen molar-refractivity contribution in [2.75, 3.05) is 0 Å². The second-order valence-electron chi connectivity index (χ2n) is 5.31. The maximum Gasteiger partial charge on any atom is 0.417 e. The SMILES string of the molecule is N#Cc1ccc(S(=O)(=O)Oc2ccc3c(C(F)(F)F)cc(=O)oc3c2)cc1. The minimum Gasteiger partial charge on any atom is -0.423 e. The molecule has 2 aromatic carbocycles.